The molecule has 0 bridgehead atoms. The molecule has 0 unspecified atom stereocenters. The molecule has 0 N–H and O–H groups in total. The summed E-state index contributed by atoms with van der Waals surface area (Å²) in [4.78, 5) is 13.9. The van der Waals surface area contributed by atoms with Crippen LogP contribution in [-0.2, 0) is 16.0 Å². The second-order valence-corrected chi connectivity index (χ2v) is 4.30. The van der Waals surface area contributed by atoms with Gasteiger partial charge in [-0.05, 0) is 12.1 Å². The van der Waals surface area contributed by atoms with E-state index in [1.807, 2.05) is 29.2 Å². The number of hydrogen-bond donors (Lipinski definition) is 0. The van der Waals surface area contributed by atoms with Crippen LogP contribution in [0.4, 0.5) is 0 Å². The van der Waals surface area contributed by atoms with Crippen LogP contribution in [0.2, 0.25) is 0 Å². The summed E-state index contributed by atoms with van der Waals surface area (Å²) >= 11 is 0. The zero-order valence-corrected chi connectivity index (χ0v) is 9.96. The van der Waals surface area contributed by atoms with E-state index in [0.29, 0.717) is 32.0 Å². The van der Waals surface area contributed by atoms with Gasteiger partial charge in [-0.25, -0.2) is 0 Å². The van der Waals surface area contributed by atoms with Crippen molar-refractivity contribution in [2.24, 2.45) is 0 Å². The third kappa shape index (κ3) is 2.09. The summed E-state index contributed by atoms with van der Waals surface area (Å²) in [6.45, 7) is 2.56. The molecule has 1 amide bonds. The van der Waals surface area contributed by atoms with Gasteiger partial charge in [0.15, 0.2) is 5.58 Å². The van der Waals surface area contributed by atoms with Crippen LogP contribution in [0.15, 0.2) is 28.8 Å². The molecule has 94 valence electrons. The maximum absolute atomic E-state index is 12.1. The van der Waals surface area contributed by atoms with Gasteiger partial charge in [-0.3, -0.25) is 4.79 Å². The van der Waals surface area contributed by atoms with Gasteiger partial charge in [0.05, 0.1) is 19.6 Å². The van der Waals surface area contributed by atoms with Gasteiger partial charge >= 0.3 is 0 Å². The number of para-hydroxylation sites is 1. The molecule has 1 aromatic heterocycles. The van der Waals surface area contributed by atoms with E-state index >= 15 is 0 Å². The highest BCUT2D eigenvalue weighted by atomic mass is 16.5. The van der Waals surface area contributed by atoms with Crippen molar-refractivity contribution < 1.29 is 14.1 Å². The van der Waals surface area contributed by atoms with Crippen LogP contribution >= 0.6 is 0 Å². The number of fused-ring (bicyclic) bond motifs is 1. The molecule has 0 saturated carbocycles. The summed E-state index contributed by atoms with van der Waals surface area (Å²) in [5.74, 6) is 0.0809. The average Bonchev–Trinajstić information content (AvgIpc) is 2.83. The van der Waals surface area contributed by atoms with Gasteiger partial charge in [0.1, 0.15) is 5.69 Å². The largest absolute Gasteiger partial charge is 0.378 e. The predicted molar refractivity (Wildman–Crippen MR) is 65.1 cm³/mol. The Kier molecular flexibility index (Phi) is 2.98. The predicted octanol–water partition coefficient (Wildman–Crippen LogP) is 1.23. The Labute approximate surface area is 104 Å². The molecule has 2 aromatic rings. The monoisotopic (exact) mass is 246 g/mol. The number of hydrogen-bond acceptors (Lipinski definition) is 4. The molecular formula is C13H14N2O3. The van der Waals surface area contributed by atoms with E-state index in [9.17, 15) is 4.79 Å². The van der Waals surface area contributed by atoms with Gasteiger partial charge in [0, 0.05) is 18.5 Å². The van der Waals surface area contributed by atoms with E-state index in [-0.39, 0.29) is 12.3 Å². The van der Waals surface area contributed by atoms with Crippen molar-refractivity contribution in [2.75, 3.05) is 26.3 Å². The van der Waals surface area contributed by atoms with Crippen molar-refractivity contribution in [3.05, 3.63) is 30.0 Å². The molecule has 1 aliphatic rings. The summed E-state index contributed by atoms with van der Waals surface area (Å²) in [5, 5.41) is 4.89. The molecule has 1 saturated heterocycles. The van der Waals surface area contributed by atoms with Crippen molar-refractivity contribution in [3.63, 3.8) is 0 Å². The molecule has 0 atom stereocenters. The number of carbonyl (C=O) groups is 1. The number of aromatic nitrogens is 1. The number of rotatable bonds is 2. The first-order valence-corrected chi connectivity index (χ1v) is 6.03. The van der Waals surface area contributed by atoms with E-state index in [4.69, 9.17) is 9.26 Å². The SMILES string of the molecule is O=C(Cc1noc2ccccc12)N1CCOCC1. The van der Waals surface area contributed by atoms with Gasteiger partial charge in [-0.15, -0.1) is 0 Å². The highest BCUT2D eigenvalue weighted by Crippen LogP contribution is 2.18. The molecule has 18 heavy (non-hydrogen) atoms. The number of benzene rings is 1. The van der Waals surface area contributed by atoms with Crippen LogP contribution in [0, 0.1) is 0 Å². The summed E-state index contributed by atoms with van der Waals surface area (Å²) in [5.41, 5.74) is 1.43. The summed E-state index contributed by atoms with van der Waals surface area (Å²) < 4.78 is 10.4. The highest BCUT2D eigenvalue weighted by Gasteiger charge is 2.19. The molecule has 5 nitrogen and oxygen atoms in total. The molecule has 0 spiro atoms. The second-order valence-electron chi connectivity index (χ2n) is 4.30. The van der Waals surface area contributed by atoms with Crippen molar-refractivity contribution in [2.45, 2.75) is 6.42 Å². The Morgan fingerprint density at radius 3 is 2.89 bits per heavy atom. The first-order valence-electron chi connectivity index (χ1n) is 6.03. The van der Waals surface area contributed by atoms with Crippen LogP contribution in [0.1, 0.15) is 5.69 Å². The fourth-order valence-corrected chi connectivity index (χ4v) is 2.13. The molecule has 0 radical (unpaired) electrons. The van der Waals surface area contributed by atoms with Crippen molar-refractivity contribution in [1.82, 2.24) is 10.1 Å². The van der Waals surface area contributed by atoms with E-state index < -0.39 is 0 Å². The van der Waals surface area contributed by atoms with Gasteiger partial charge in [-0.1, -0.05) is 17.3 Å². The maximum Gasteiger partial charge on any atom is 0.228 e. The van der Waals surface area contributed by atoms with Crippen LogP contribution in [0.25, 0.3) is 11.0 Å². The Hall–Kier alpha value is -1.88. The molecule has 5 heteroatoms. The summed E-state index contributed by atoms with van der Waals surface area (Å²) in [6, 6.07) is 7.59. The van der Waals surface area contributed by atoms with E-state index in [1.54, 1.807) is 0 Å². The molecule has 2 heterocycles. The third-order valence-corrected chi connectivity index (χ3v) is 3.13. The minimum absolute atomic E-state index is 0.0809. The van der Waals surface area contributed by atoms with Gasteiger partial charge in [-0.2, -0.15) is 0 Å². The van der Waals surface area contributed by atoms with Gasteiger partial charge in [0.2, 0.25) is 5.91 Å². The minimum atomic E-state index is 0.0809. The summed E-state index contributed by atoms with van der Waals surface area (Å²) in [7, 11) is 0. The van der Waals surface area contributed by atoms with E-state index in [2.05, 4.69) is 5.16 Å². The molecule has 0 aliphatic carbocycles. The zero-order valence-electron chi connectivity index (χ0n) is 9.96. The fourth-order valence-electron chi connectivity index (χ4n) is 2.13. The first kappa shape index (κ1) is 11.2. The van der Waals surface area contributed by atoms with Crippen LogP contribution in [-0.4, -0.2) is 42.3 Å². The van der Waals surface area contributed by atoms with E-state index in [0.717, 1.165) is 11.0 Å². The third-order valence-electron chi connectivity index (χ3n) is 3.13. The zero-order chi connectivity index (χ0) is 12.4. The van der Waals surface area contributed by atoms with Crippen LogP contribution < -0.4 is 0 Å². The Bertz CT molecular complexity index is 558. The van der Waals surface area contributed by atoms with Crippen LogP contribution in [0.3, 0.4) is 0 Å². The molecule has 1 aromatic carbocycles. The summed E-state index contributed by atoms with van der Waals surface area (Å²) in [6.07, 6.45) is 0.289. The number of ether oxygens (including phenoxy) is 1. The lowest BCUT2D eigenvalue weighted by atomic mass is 10.1. The Morgan fingerprint density at radius 1 is 1.28 bits per heavy atom. The lowest BCUT2D eigenvalue weighted by Gasteiger charge is -2.26. The minimum Gasteiger partial charge on any atom is -0.378 e. The van der Waals surface area contributed by atoms with Gasteiger partial charge < -0.3 is 14.2 Å². The van der Waals surface area contributed by atoms with E-state index in [1.165, 1.54) is 0 Å². The average molecular weight is 246 g/mol. The first-order chi connectivity index (χ1) is 8.84. The number of nitrogens with zero attached hydrogens (tertiary/aromatic N) is 2. The number of morpholine rings is 1. The fraction of sp³-hybridized carbons (Fsp3) is 0.385. The normalized spacial score (nSPS) is 16.1. The molecule has 1 fully saturated rings. The molecule has 1 aliphatic heterocycles. The quantitative estimate of drug-likeness (QED) is 0.799. The van der Waals surface area contributed by atoms with Crippen molar-refractivity contribution >= 4 is 16.9 Å². The standard InChI is InChI=1S/C13H14N2O3/c16-13(15-5-7-17-8-6-15)9-11-10-3-1-2-4-12(10)18-14-11/h1-4H,5-9H2. The topological polar surface area (TPSA) is 55.6 Å². The second kappa shape index (κ2) is 4.78. The Morgan fingerprint density at radius 2 is 2.06 bits per heavy atom. The highest BCUT2D eigenvalue weighted by molar-refractivity contribution is 5.86. The van der Waals surface area contributed by atoms with Gasteiger partial charge in [0.25, 0.3) is 0 Å². The van der Waals surface area contributed by atoms with Crippen LogP contribution in [0.5, 0.6) is 0 Å². The lowest BCUT2D eigenvalue weighted by Crippen LogP contribution is -2.41. The number of amides is 1. The Balaban J connectivity index is 1.77. The maximum atomic E-state index is 12.1. The lowest BCUT2D eigenvalue weighted by molar-refractivity contribution is -0.134. The molecule has 3 rings (SSSR count). The van der Waals surface area contributed by atoms with Crippen molar-refractivity contribution in [1.29, 1.82) is 0 Å². The van der Waals surface area contributed by atoms with Crippen molar-refractivity contribution in [3.8, 4) is 0 Å². The smallest absolute Gasteiger partial charge is 0.228 e. The number of carbonyl (C=O) groups excluding carboxylic acids is 1. The molecular weight excluding hydrogens is 232 g/mol.